The number of carbonyl (C=O) groups is 2. The lowest BCUT2D eigenvalue weighted by molar-refractivity contribution is -0.387. The van der Waals surface area contributed by atoms with Gasteiger partial charge in [-0.15, -0.1) is 0 Å². The van der Waals surface area contributed by atoms with Gasteiger partial charge in [0.15, 0.2) is 0 Å². The maximum Gasteiger partial charge on any atom is 0.328 e. The standard InChI is InChI=1S/C19H29N3O5S/c1-5-6-9-14(19(24)27-4)20-18(23)15(12-13(2)3)21-28-17-11-8-7-10-16(17)22(25)26/h7-8,10-11,13-15,21H,5-6,9,12H2,1-4H3,(H,20,23)/t14-,15-/m0/s1. The molecule has 0 fully saturated rings. The fourth-order valence-electron chi connectivity index (χ4n) is 2.58. The fraction of sp³-hybridized carbons (Fsp3) is 0.579. The lowest BCUT2D eigenvalue weighted by Crippen LogP contribution is -2.49. The number of methoxy groups -OCH3 is 1. The van der Waals surface area contributed by atoms with Crippen LogP contribution in [-0.2, 0) is 14.3 Å². The molecule has 1 amide bonds. The van der Waals surface area contributed by atoms with Gasteiger partial charge in [0.25, 0.3) is 5.69 Å². The third kappa shape index (κ3) is 7.85. The third-order valence-electron chi connectivity index (χ3n) is 4.05. The Morgan fingerprint density at radius 3 is 2.50 bits per heavy atom. The minimum Gasteiger partial charge on any atom is -0.467 e. The van der Waals surface area contributed by atoms with Crippen LogP contribution in [0.1, 0.15) is 46.5 Å². The molecule has 0 aliphatic rings. The molecular formula is C19H29N3O5S. The number of rotatable bonds is 12. The van der Waals surface area contributed by atoms with Crippen molar-refractivity contribution in [1.82, 2.24) is 10.0 Å². The van der Waals surface area contributed by atoms with Gasteiger partial charge in [-0.1, -0.05) is 45.7 Å². The van der Waals surface area contributed by atoms with E-state index in [0.717, 1.165) is 24.8 Å². The second-order valence-corrected chi connectivity index (χ2v) is 7.73. The van der Waals surface area contributed by atoms with Gasteiger partial charge in [-0.05, 0) is 36.8 Å². The second-order valence-electron chi connectivity index (χ2n) is 6.85. The van der Waals surface area contributed by atoms with Gasteiger partial charge in [0, 0.05) is 6.07 Å². The van der Waals surface area contributed by atoms with E-state index in [9.17, 15) is 19.7 Å². The molecule has 0 saturated carbocycles. The van der Waals surface area contributed by atoms with Crippen molar-refractivity contribution in [2.45, 2.75) is 63.4 Å². The lowest BCUT2D eigenvalue weighted by Gasteiger charge is -2.23. The van der Waals surface area contributed by atoms with Gasteiger partial charge in [0.2, 0.25) is 5.91 Å². The van der Waals surface area contributed by atoms with Crippen LogP contribution in [0.2, 0.25) is 0 Å². The molecule has 0 radical (unpaired) electrons. The summed E-state index contributed by atoms with van der Waals surface area (Å²) in [5, 5.41) is 13.9. The molecule has 9 heteroatoms. The molecule has 0 aliphatic heterocycles. The normalized spacial score (nSPS) is 13.0. The SMILES string of the molecule is CCCC[C@H](NC(=O)[C@H](CC(C)C)NSc1ccccc1[N+](=O)[O-])C(=O)OC. The topological polar surface area (TPSA) is 111 Å². The van der Waals surface area contributed by atoms with Crippen molar-refractivity contribution in [2.75, 3.05) is 7.11 Å². The summed E-state index contributed by atoms with van der Waals surface area (Å²) in [4.78, 5) is 35.9. The molecule has 2 N–H and O–H groups in total. The molecule has 156 valence electrons. The Bertz CT molecular complexity index is 669. The number of carbonyl (C=O) groups excluding carboxylic acids is 2. The van der Waals surface area contributed by atoms with E-state index in [1.54, 1.807) is 18.2 Å². The van der Waals surface area contributed by atoms with E-state index < -0.39 is 23.0 Å². The van der Waals surface area contributed by atoms with Gasteiger partial charge in [-0.2, -0.15) is 0 Å². The summed E-state index contributed by atoms with van der Waals surface area (Å²) in [6.07, 6.45) is 2.69. The zero-order chi connectivity index (χ0) is 21.1. The second kappa shape index (κ2) is 12.4. The van der Waals surface area contributed by atoms with E-state index in [1.807, 2.05) is 20.8 Å². The molecule has 0 aromatic heterocycles. The summed E-state index contributed by atoms with van der Waals surface area (Å²) in [7, 11) is 1.29. The molecule has 0 bridgehead atoms. The largest absolute Gasteiger partial charge is 0.467 e. The summed E-state index contributed by atoms with van der Waals surface area (Å²) in [5.41, 5.74) is -0.0286. The number of nitro groups is 1. The molecule has 0 aliphatic carbocycles. The molecule has 1 rings (SSSR count). The minimum atomic E-state index is -0.704. The highest BCUT2D eigenvalue weighted by atomic mass is 32.2. The highest BCUT2D eigenvalue weighted by Gasteiger charge is 2.27. The lowest BCUT2D eigenvalue weighted by atomic mass is 10.0. The van der Waals surface area contributed by atoms with E-state index in [4.69, 9.17) is 4.74 Å². The van der Waals surface area contributed by atoms with Crippen LogP contribution in [0.3, 0.4) is 0 Å². The van der Waals surface area contributed by atoms with Crippen LogP contribution in [0.25, 0.3) is 0 Å². The van der Waals surface area contributed by atoms with Crippen LogP contribution in [0, 0.1) is 16.0 Å². The maximum atomic E-state index is 12.8. The minimum absolute atomic E-state index is 0.0286. The van der Waals surface area contributed by atoms with E-state index in [1.165, 1.54) is 13.2 Å². The number of hydrogen-bond donors (Lipinski definition) is 2. The van der Waals surface area contributed by atoms with Crippen molar-refractivity contribution in [1.29, 1.82) is 0 Å². The van der Waals surface area contributed by atoms with Crippen molar-refractivity contribution >= 4 is 29.5 Å². The molecule has 1 aromatic carbocycles. The Morgan fingerprint density at radius 2 is 1.93 bits per heavy atom. The highest BCUT2D eigenvalue weighted by Crippen LogP contribution is 2.27. The first kappa shape index (κ1) is 23.9. The van der Waals surface area contributed by atoms with Gasteiger partial charge in [0.1, 0.15) is 10.9 Å². The maximum absolute atomic E-state index is 12.8. The third-order valence-corrected chi connectivity index (χ3v) is 5.01. The van der Waals surface area contributed by atoms with Crippen LogP contribution in [0.5, 0.6) is 0 Å². The number of amides is 1. The Kier molecular flexibility index (Phi) is 10.5. The number of esters is 1. The Morgan fingerprint density at radius 1 is 1.25 bits per heavy atom. The Labute approximate surface area is 170 Å². The van der Waals surface area contributed by atoms with Crippen LogP contribution in [0.4, 0.5) is 5.69 Å². The summed E-state index contributed by atoms with van der Waals surface area (Å²) >= 11 is 1.04. The van der Waals surface area contributed by atoms with Gasteiger partial charge >= 0.3 is 5.97 Å². The number of ether oxygens (including phenoxy) is 1. The number of para-hydroxylation sites is 1. The number of nitrogens with zero attached hydrogens (tertiary/aromatic N) is 1. The van der Waals surface area contributed by atoms with Gasteiger partial charge in [0.05, 0.1) is 18.1 Å². The number of hydrogen-bond acceptors (Lipinski definition) is 7. The number of unbranched alkanes of at least 4 members (excludes halogenated alkanes) is 1. The van der Waals surface area contributed by atoms with Crippen molar-refractivity contribution in [3.05, 3.63) is 34.4 Å². The molecule has 1 aromatic rings. The molecular weight excluding hydrogens is 382 g/mol. The van der Waals surface area contributed by atoms with Crippen molar-refractivity contribution in [3.63, 3.8) is 0 Å². The molecule has 8 nitrogen and oxygen atoms in total. The van der Waals surface area contributed by atoms with Crippen LogP contribution in [0.15, 0.2) is 29.2 Å². The Balaban J connectivity index is 2.87. The first-order chi connectivity index (χ1) is 13.3. The van der Waals surface area contributed by atoms with Crippen molar-refractivity contribution in [3.8, 4) is 0 Å². The van der Waals surface area contributed by atoms with E-state index in [2.05, 4.69) is 10.0 Å². The predicted molar refractivity (Wildman–Crippen MR) is 109 cm³/mol. The molecule has 0 spiro atoms. The molecule has 2 atom stereocenters. The molecule has 0 unspecified atom stereocenters. The smallest absolute Gasteiger partial charge is 0.328 e. The average molecular weight is 412 g/mol. The molecule has 28 heavy (non-hydrogen) atoms. The first-order valence-electron chi connectivity index (χ1n) is 9.34. The number of nitrogens with one attached hydrogen (secondary N) is 2. The van der Waals surface area contributed by atoms with Crippen LogP contribution >= 0.6 is 11.9 Å². The van der Waals surface area contributed by atoms with Gasteiger partial charge in [-0.3, -0.25) is 14.9 Å². The van der Waals surface area contributed by atoms with E-state index >= 15 is 0 Å². The van der Waals surface area contributed by atoms with Crippen LogP contribution < -0.4 is 10.0 Å². The number of benzene rings is 1. The Hall–Kier alpha value is -2.13. The average Bonchev–Trinajstić information content (AvgIpc) is 2.67. The van der Waals surface area contributed by atoms with Crippen LogP contribution in [-0.4, -0.2) is 36.0 Å². The summed E-state index contributed by atoms with van der Waals surface area (Å²) in [6.45, 7) is 5.96. The summed E-state index contributed by atoms with van der Waals surface area (Å²) in [6, 6.07) is 5.02. The number of nitro benzene ring substituents is 1. The zero-order valence-corrected chi connectivity index (χ0v) is 17.6. The van der Waals surface area contributed by atoms with Crippen molar-refractivity contribution in [2.24, 2.45) is 5.92 Å². The quantitative estimate of drug-likeness (QED) is 0.234. The molecule has 0 heterocycles. The first-order valence-corrected chi connectivity index (χ1v) is 10.2. The van der Waals surface area contributed by atoms with Gasteiger partial charge < -0.3 is 10.1 Å². The van der Waals surface area contributed by atoms with Gasteiger partial charge in [-0.25, -0.2) is 9.52 Å². The predicted octanol–water partition coefficient (Wildman–Crippen LogP) is 3.45. The summed E-state index contributed by atoms with van der Waals surface area (Å²) < 4.78 is 7.82. The highest BCUT2D eigenvalue weighted by molar-refractivity contribution is 7.97. The zero-order valence-electron chi connectivity index (χ0n) is 16.8. The van der Waals surface area contributed by atoms with Crippen molar-refractivity contribution < 1.29 is 19.2 Å². The summed E-state index contributed by atoms with van der Waals surface area (Å²) in [5.74, 6) is -0.593. The monoisotopic (exact) mass is 411 g/mol. The fourth-order valence-corrected chi connectivity index (χ4v) is 3.45. The van der Waals surface area contributed by atoms with E-state index in [0.29, 0.717) is 17.7 Å². The molecule has 0 saturated heterocycles. The van der Waals surface area contributed by atoms with E-state index in [-0.39, 0.29) is 17.5 Å².